The van der Waals surface area contributed by atoms with Gasteiger partial charge in [-0.15, -0.1) is 0 Å². The molecule has 1 aliphatic carbocycles. The second-order valence-electron chi connectivity index (χ2n) is 5.92. The van der Waals surface area contributed by atoms with Gasteiger partial charge < -0.3 is 10.3 Å². The predicted molar refractivity (Wildman–Crippen MR) is 72.1 cm³/mol. The molecule has 1 saturated heterocycles. The van der Waals surface area contributed by atoms with Gasteiger partial charge in [-0.3, -0.25) is 4.90 Å². The lowest BCUT2D eigenvalue weighted by Crippen LogP contribution is -2.48. The van der Waals surface area contributed by atoms with Crippen LogP contribution < -0.4 is 5.73 Å². The Morgan fingerprint density at radius 2 is 2.22 bits per heavy atom. The minimum Gasteiger partial charge on any atom is -0.330 e. The molecule has 1 aromatic rings. The van der Waals surface area contributed by atoms with E-state index in [1.165, 1.54) is 37.9 Å². The van der Waals surface area contributed by atoms with Crippen LogP contribution in [0.2, 0.25) is 0 Å². The quantitative estimate of drug-likeness (QED) is 0.883. The number of nitrogens with zero attached hydrogens (tertiary/aromatic N) is 3. The zero-order valence-corrected chi connectivity index (χ0v) is 11.3. The van der Waals surface area contributed by atoms with Crippen LogP contribution in [0.5, 0.6) is 0 Å². The van der Waals surface area contributed by atoms with Crippen LogP contribution in [0.15, 0.2) is 12.5 Å². The van der Waals surface area contributed by atoms with Gasteiger partial charge in [0.2, 0.25) is 0 Å². The first-order valence-corrected chi connectivity index (χ1v) is 7.24. The summed E-state index contributed by atoms with van der Waals surface area (Å²) in [5, 5.41) is 0. The number of hydrogen-bond donors (Lipinski definition) is 1. The fourth-order valence-corrected chi connectivity index (χ4v) is 3.26. The van der Waals surface area contributed by atoms with Crippen LogP contribution in [-0.4, -0.2) is 33.6 Å². The molecule has 4 heteroatoms. The highest BCUT2D eigenvalue weighted by Gasteiger charge is 2.30. The normalized spacial score (nSPS) is 29.7. The van der Waals surface area contributed by atoms with Crippen molar-refractivity contribution in [3.05, 3.63) is 18.2 Å². The van der Waals surface area contributed by atoms with E-state index in [0.717, 1.165) is 25.0 Å². The number of piperidine rings is 1. The highest BCUT2D eigenvalue weighted by molar-refractivity contribution is 5.04. The summed E-state index contributed by atoms with van der Waals surface area (Å²) in [4.78, 5) is 6.88. The summed E-state index contributed by atoms with van der Waals surface area (Å²) in [6.07, 6.45) is 9.29. The molecule has 2 fully saturated rings. The maximum Gasteiger partial charge on any atom is 0.0951 e. The van der Waals surface area contributed by atoms with Crippen LogP contribution in [0.1, 0.15) is 44.3 Å². The molecule has 2 atom stereocenters. The van der Waals surface area contributed by atoms with Crippen LogP contribution in [-0.2, 0) is 6.54 Å². The van der Waals surface area contributed by atoms with E-state index in [1.54, 1.807) is 0 Å². The lowest BCUT2D eigenvalue weighted by atomic mass is 9.91. The van der Waals surface area contributed by atoms with Gasteiger partial charge in [-0.1, -0.05) is 6.92 Å². The smallest absolute Gasteiger partial charge is 0.0951 e. The number of likely N-dealkylation sites (tertiary alicyclic amines) is 1. The first-order chi connectivity index (χ1) is 8.79. The Balaban J connectivity index is 1.72. The number of imidazole rings is 1. The van der Waals surface area contributed by atoms with E-state index in [4.69, 9.17) is 5.73 Å². The highest BCUT2D eigenvalue weighted by atomic mass is 15.2. The Morgan fingerprint density at radius 3 is 2.94 bits per heavy atom. The van der Waals surface area contributed by atoms with E-state index < -0.39 is 0 Å². The van der Waals surface area contributed by atoms with E-state index in [1.807, 2.05) is 12.5 Å². The average molecular weight is 248 g/mol. The standard InChI is InChI=1S/C14H24N4/c1-11-3-2-6-17(14(11)7-15)9-13-8-16-10-18(13)12-4-5-12/h8,10-12,14H,2-7,9,15H2,1H3. The van der Waals surface area contributed by atoms with E-state index in [2.05, 4.69) is 21.4 Å². The molecule has 0 radical (unpaired) electrons. The summed E-state index contributed by atoms with van der Waals surface area (Å²) < 4.78 is 2.37. The molecule has 0 bridgehead atoms. The van der Waals surface area contributed by atoms with Gasteiger partial charge in [-0.05, 0) is 38.1 Å². The lowest BCUT2D eigenvalue weighted by Gasteiger charge is -2.39. The summed E-state index contributed by atoms with van der Waals surface area (Å²) in [6, 6.07) is 1.27. The maximum atomic E-state index is 5.96. The van der Waals surface area contributed by atoms with Gasteiger partial charge in [0.1, 0.15) is 0 Å². The zero-order valence-electron chi connectivity index (χ0n) is 11.3. The third kappa shape index (κ3) is 2.31. The molecule has 1 aromatic heterocycles. The monoisotopic (exact) mass is 248 g/mol. The van der Waals surface area contributed by atoms with Crippen LogP contribution in [0, 0.1) is 5.92 Å². The van der Waals surface area contributed by atoms with Gasteiger partial charge in [-0.2, -0.15) is 0 Å². The number of rotatable bonds is 4. The topological polar surface area (TPSA) is 47.1 Å². The van der Waals surface area contributed by atoms with Crippen molar-refractivity contribution in [2.75, 3.05) is 13.1 Å². The molecule has 0 spiro atoms. The fraction of sp³-hybridized carbons (Fsp3) is 0.786. The van der Waals surface area contributed by atoms with Gasteiger partial charge in [0.25, 0.3) is 0 Å². The summed E-state index contributed by atoms with van der Waals surface area (Å²) in [5.74, 6) is 0.723. The Morgan fingerprint density at radius 1 is 1.39 bits per heavy atom. The third-order valence-electron chi connectivity index (χ3n) is 4.52. The van der Waals surface area contributed by atoms with Crippen molar-refractivity contribution in [2.45, 2.75) is 51.2 Å². The van der Waals surface area contributed by atoms with Crippen molar-refractivity contribution in [1.82, 2.24) is 14.5 Å². The number of nitrogens with two attached hydrogens (primary N) is 1. The molecule has 2 unspecified atom stereocenters. The van der Waals surface area contributed by atoms with Gasteiger partial charge in [0.05, 0.1) is 12.0 Å². The highest BCUT2D eigenvalue weighted by Crippen LogP contribution is 2.36. The summed E-state index contributed by atoms with van der Waals surface area (Å²) in [7, 11) is 0. The minimum atomic E-state index is 0.543. The lowest BCUT2D eigenvalue weighted by molar-refractivity contribution is 0.0965. The average Bonchev–Trinajstić information content (AvgIpc) is 3.11. The van der Waals surface area contributed by atoms with Gasteiger partial charge in [0, 0.05) is 31.4 Å². The molecular formula is C14H24N4. The van der Waals surface area contributed by atoms with Gasteiger partial charge in [0.15, 0.2) is 0 Å². The van der Waals surface area contributed by atoms with Crippen molar-refractivity contribution in [1.29, 1.82) is 0 Å². The third-order valence-corrected chi connectivity index (χ3v) is 4.52. The SMILES string of the molecule is CC1CCCN(Cc2cncn2C2CC2)C1CN. The van der Waals surface area contributed by atoms with E-state index in [-0.39, 0.29) is 0 Å². The second kappa shape index (κ2) is 5.02. The molecule has 100 valence electrons. The van der Waals surface area contributed by atoms with Crippen molar-refractivity contribution >= 4 is 0 Å². The Hall–Kier alpha value is -0.870. The van der Waals surface area contributed by atoms with Crippen molar-refractivity contribution in [3.63, 3.8) is 0 Å². The predicted octanol–water partition coefficient (Wildman–Crippen LogP) is 1.78. The first-order valence-electron chi connectivity index (χ1n) is 7.24. The van der Waals surface area contributed by atoms with E-state index >= 15 is 0 Å². The summed E-state index contributed by atoms with van der Waals surface area (Å²) in [5.41, 5.74) is 7.32. The zero-order chi connectivity index (χ0) is 12.5. The number of hydrogen-bond acceptors (Lipinski definition) is 3. The van der Waals surface area contributed by atoms with Crippen LogP contribution >= 0.6 is 0 Å². The largest absolute Gasteiger partial charge is 0.330 e. The Bertz CT molecular complexity index is 396. The number of aromatic nitrogens is 2. The molecule has 2 aliphatic rings. The van der Waals surface area contributed by atoms with Crippen molar-refractivity contribution in [3.8, 4) is 0 Å². The van der Waals surface area contributed by atoms with Crippen LogP contribution in [0.25, 0.3) is 0 Å². The van der Waals surface area contributed by atoms with Crippen LogP contribution in [0.3, 0.4) is 0 Å². The molecule has 0 aromatic carbocycles. The molecule has 1 aliphatic heterocycles. The second-order valence-corrected chi connectivity index (χ2v) is 5.92. The Labute approximate surface area is 109 Å². The molecule has 2 heterocycles. The molecule has 3 rings (SSSR count). The van der Waals surface area contributed by atoms with Crippen LogP contribution in [0.4, 0.5) is 0 Å². The maximum absolute atomic E-state index is 5.96. The molecule has 2 N–H and O–H groups in total. The van der Waals surface area contributed by atoms with Crippen molar-refractivity contribution < 1.29 is 0 Å². The fourth-order valence-electron chi connectivity index (χ4n) is 3.26. The molecule has 4 nitrogen and oxygen atoms in total. The summed E-state index contributed by atoms with van der Waals surface area (Å²) >= 11 is 0. The van der Waals surface area contributed by atoms with E-state index in [9.17, 15) is 0 Å². The first kappa shape index (κ1) is 12.2. The van der Waals surface area contributed by atoms with E-state index in [0.29, 0.717) is 6.04 Å². The molecule has 18 heavy (non-hydrogen) atoms. The molecule has 0 amide bonds. The van der Waals surface area contributed by atoms with Gasteiger partial charge in [-0.25, -0.2) is 4.98 Å². The van der Waals surface area contributed by atoms with Gasteiger partial charge >= 0.3 is 0 Å². The molecule has 1 saturated carbocycles. The Kier molecular flexibility index (Phi) is 3.39. The van der Waals surface area contributed by atoms with Crippen molar-refractivity contribution in [2.24, 2.45) is 11.7 Å². The minimum absolute atomic E-state index is 0.543. The summed E-state index contributed by atoms with van der Waals surface area (Å²) in [6.45, 7) is 5.31. The molecular weight excluding hydrogens is 224 g/mol.